The van der Waals surface area contributed by atoms with Crippen molar-refractivity contribution in [2.24, 2.45) is 5.73 Å². The minimum Gasteiger partial charge on any atom is -0.366 e. The first-order valence-corrected chi connectivity index (χ1v) is 10.9. The van der Waals surface area contributed by atoms with Crippen molar-refractivity contribution in [3.63, 3.8) is 0 Å². The van der Waals surface area contributed by atoms with E-state index in [2.05, 4.69) is 32.7 Å². The lowest BCUT2D eigenvalue weighted by molar-refractivity contribution is 0.410. The molecule has 0 bridgehead atoms. The molecule has 0 radical (unpaired) electrons. The summed E-state index contributed by atoms with van der Waals surface area (Å²) in [5.74, 6) is 1.70. The molecule has 0 atom stereocenters. The second-order valence-corrected chi connectivity index (χ2v) is 8.16. The zero-order valence-electron chi connectivity index (χ0n) is 17.4. The van der Waals surface area contributed by atoms with E-state index in [4.69, 9.17) is 10.8 Å². The van der Waals surface area contributed by atoms with Crippen molar-refractivity contribution in [1.82, 2.24) is 19.6 Å². The summed E-state index contributed by atoms with van der Waals surface area (Å²) in [6.07, 6.45) is 8.00. The van der Waals surface area contributed by atoms with Crippen LogP contribution in [0.1, 0.15) is 31.2 Å². The predicted molar refractivity (Wildman–Crippen MR) is 124 cm³/mol. The van der Waals surface area contributed by atoms with Crippen molar-refractivity contribution in [2.75, 3.05) is 10.6 Å². The van der Waals surface area contributed by atoms with Gasteiger partial charge in [0.2, 0.25) is 0 Å². The molecule has 7 nitrogen and oxygen atoms in total. The Labute approximate surface area is 181 Å². The summed E-state index contributed by atoms with van der Waals surface area (Å²) < 4.78 is 1.88. The Morgan fingerprint density at radius 1 is 0.871 bits per heavy atom. The number of nitrogens with one attached hydrogen (secondary N) is 2. The number of nitrogens with zero attached hydrogens (tertiary/aromatic N) is 4. The summed E-state index contributed by atoms with van der Waals surface area (Å²) in [6, 6.07) is 19.1. The molecule has 1 aliphatic rings. The molecular weight excluding hydrogens is 386 g/mol. The van der Waals surface area contributed by atoms with Crippen LogP contribution in [0.25, 0.3) is 16.9 Å². The smallest absolute Gasteiger partial charge is 0.154 e. The normalized spacial score (nSPS) is 18.7. The van der Waals surface area contributed by atoms with E-state index in [-0.39, 0.29) is 0 Å². The highest BCUT2D eigenvalue weighted by Crippen LogP contribution is 2.23. The van der Waals surface area contributed by atoms with Gasteiger partial charge < -0.3 is 16.4 Å². The van der Waals surface area contributed by atoms with Crippen molar-refractivity contribution in [1.29, 1.82) is 0 Å². The van der Waals surface area contributed by atoms with Gasteiger partial charge in [-0.15, -0.1) is 5.10 Å². The van der Waals surface area contributed by atoms with Crippen LogP contribution in [0.15, 0.2) is 67.0 Å². The standard InChI is InChI=1S/C24H27N7/c25-19-7-9-20(10-8-19)29-23-12-13-24-28-16-21(31(24)30-23)18-6-11-22(27-15-18)26-14-17-4-2-1-3-5-17/h1-6,11-13,15-16,19-20H,7-10,14,25H2,(H,26,27)(H,29,30). The van der Waals surface area contributed by atoms with Gasteiger partial charge in [-0.3, -0.25) is 0 Å². The Kier molecular flexibility index (Phi) is 5.50. The first-order chi connectivity index (χ1) is 15.2. The van der Waals surface area contributed by atoms with Gasteiger partial charge in [0.25, 0.3) is 0 Å². The van der Waals surface area contributed by atoms with E-state index in [1.54, 1.807) is 0 Å². The van der Waals surface area contributed by atoms with Crippen molar-refractivity contribution in [3.05, 3.63) is 72.6 Å². The minimum absolute atomic E-state index is 0.339. The largest absolute Gasteiger partial charge is 0.366 e. The van der Waals surface area contributed by atoms with Crippen LogP contribution in [0.4, 0.5) is 11.6 Å². The molecule has 31 heavy (non-hydrogen) atoms. The number of nitrogens with two attached hydrogens (primary N) is 1. The van der Waals surface area contributed by atoms with E-state index in [0.29, 0.717) is 12.1 Å². The summed E-state index contributed by atoms with van der Waals surface area (Å²) in [4.78, 5) is 9.08. The number of pyridine rings is 1. The first kappa shape index (κ1) is 19.5. The molecule has 158 valence electrons. The number of hydrogen-bond acceptors (Lipinski definition) is 6. The summed E-state index contributed by atoms with van der Waals surface area (Å²) in [5, 5.41) is 11.7. The number of hydrogen-bond donors (Lipinski definition) is 3. The SMILES string of the molecule is NC1CCC(Nc2ccc3ncc(-c4ccc(NCc5ccccc5)nc4)n3n2)CC1. The molecule has 4 N–H and O–H groups in total. The van der Waals surface area contributed by atoms with E-state index in [9.17, 15) is 0 Å². The van der Waals surface area contributed by atoms with Gasteiger partial charge in [0, 0.05) is 30.4 Å². The number of imidazole rings is 1. The van der Waals surface area contributed by atoms with Gasteiger partial charge in [0.1, 0.15) is 11.6 Å². The van der Waals surface area contributed by atoms with Crippen LogP contribution < -0.4 is 16.4 Å². The average molecular weight is 414 g/mol. The number of benzene rings is 1. The zero-order chi connectivity index (χ0) is 21.0. The van der Waals surface area contributed by atoms with E-state index in [1.807, 2.05) is 59.4 Å². The molecule has 0 aliphatic heterocycles. The van der Waals surface area contributed by atoms with E-state index < -0.39 is 0 Å². The first-order valence-electron chi connectivity index (χ1n) is 10.9. The van der Waals surface area contributed by atoms with Gasteiger partial charge >= 0.3 is 0 Å². The lowest BCUT2D eigenvalue weighted by Gasteiger charge is -2.27. The highest BCUT2D eigenvalue weighted by atomic mass is 15.3. The molecule has 1 aromatic carbocycles. The molecule has 1 aliphatic carbocycles. The Hall–Kier alpha value is -3.45. The number of rotatable bonds is 6. The summed E-state index contributed by atoms with van der Waals surface area (Å²) in [6.45, 7) is 0.742. The van der Waals surface area contributed by atoms with Crippen LogP contribution in [0.3, 0.4) is 0 Å². The molecule has 4 aromatic rings. The molecule has 7 heteroatoms. The number of anilines is 2. The third-order valence-electron chi connectivity index (χ3n) is 5.86. The van der Waals surface area contributed by atoms with Gasteiger partial charge in [0.05, 0.1) is 11.9 Å². The maximum absolute atomic E-state index is 6.03. The van der Waals surface area contributed by atoms with Gasteiger partial charge in [-0.1, -0.05) is 30.3 Å². The third kappa shape index (κ3) is 4.51. The Bertz CT molecular complexity index is 1130. The fraction of sp³-hybridized carbons (Fsp3) is 0.292. The predicted octanol–water partition coefficient (Wildman–Crippen LogP) is 4.09. The van der Waals surface area contributed by atoms with Crippen LogP contribution >= 0.6 is 0 Å². The molecule has 1 saturated carbocycles. The highest BCUT2D eigenvalue weighted by molar-refractivity contribution is 5.64. The fourth-order valence-corrected chi connectivity index (χ4v) is 4.06. The van der Waals surface area contributed by atoms with Crippen LogP contribution in [-0.4, -0.2) is 31.7 Å². The second-order valence-electron chi connectivity index (χ2n) is 8.16. The third-order valence-corrected chi connectivity index (χ3v) is 5.86. The molecule has 0 saturated heterocycles. The lowest BCUT2D eigenvalue weighted by Crippen LogP contribution is -2.33. The second kappa shape index (κ2) is 8.73. The lowest BCUT2D eigenvalue weighted by atomic mass is 9.92. The maximum atomic E-state index is 6.03. The molecule has 3 heterocycles. The molecule has 1 fully saturated rings. The number of fused-ring (bicyclic) bond motifs is 1. The van der Waals surface area contributed by atoms with Crippen molar-refractivity contribution in [2.45, 2.75) is 44.3 Å². The van der Waals surface area contributed by atoms with Crippen LogP contribution in [0, 0.1) is 0 Å². The van der Waals surface area contributed by atoms with Crippen molar-refractivity contribution >= 4 is 17.3 Å². The topological polar surface area (TPSA) is 93.2 Å². The highest BCUT2D eigenvalue weighted by Gasteiger charge is 2.19. The molecular formula is C24H27N7. The van der Waals surface area contributed by atoms with Gasteiger partial charge in [-0.05, 0) is 55.5 Å². The Morgan fingerprint density at radius 2 is 1.68 bits per heavy atom. The summed E-state index contributed by atoms with van der Waals surface area (Å²) in [7, 11) is 0. The van der Waals surface area contributed by atoms with E-state index in [0.717, 1.165) is 60.8 Å². The van der Waals surface area contributed by atoms with E-state index >= 15 is 0 Å². The zero-order valence-corrected chi connectivity index (χ0v) is 17.4. The number of aromatic nitrogens is 4. The van der Waals surface area contributed by atoms with Crippen LogP contribution in [0.2, 0.25) is 0 Å². The Balaban J connectivity index is 1.31. The fourth-order valence-electron chi connectivity index (χ4n) is 4.06. The monoisotopic (exact) mass is 413 g/mol. The molecule has 0 unspecified atom stereocenters. The van der Waals surface area contributed by atoms with Crippen LogP contribution in [-0.2, 0) is 6.54 Å². The van der Waals surface area contributed by atoms with Crippen molar-refractivity contribution < 1.29 is 0 Å². The van der Waals surface area contributed by atoms with Gasteiger partial charge in [-0.2, -0.15) is 0 Å². The van der Waals surface area contributed by atoms with E-state index in [1.165, 1.54) is 5.56 Å². The summed E-state index contributed by atoms with van der Waals surface area (Å²) in [5.41, 5.74) is 9.97. The van der Waals surface area contributed by atoms with Gasteiger partial charge in [-0.25, -0.2) is 14.5 Å². The molecule has 3 aromatic heterocycles. The molecule has 5 rings (SSSR count). The Morgan fingerprint density at radius 3 is 2.45 bits per heavy atom. The minimum atomic E-state index is 0.339. The van der Waals surface area contributed by atoms with Crippen molar-refractivity contribution in [3.8, 4) is 11.3 Å². The molecule has 0 spiro atoms. The average Bonchev–Trinajstić information content (AvgIpc) is 3.24. The maximum Gasteiger partial charge on any atom is 0.154 e. The quantitative estimate of drug-likeness (QED) is 0.441. The van der Waals surface area contributed by atoms with Crippen LogP contribution in [0.5, 0.6) is 0 Å². The van der Waals surface area contributed by atoms with Gasteiger partial charge in [0.15, 0.2) is 5.65 Å². The molecule has 0 amide bonds. The summed E-state index contributed by atoms with van der Waals surface area (Å²) >= 11 is 0.